The summed E-state index contributed by atoms with van der Waals surface area (Å²) < 4.78 is 1.96. The Hall–Kier alpha value is -3.02. The van der Waals surface area contributed by atoms with Crippen LogP contribution in [0, 0.1) is 0 Å². The first-order chi connectivity index (χ1) is 10.8. The van der Waals surface area contributed by atoms with E-state index in [4.69, 9.17) is 0 Å². The summed E-state index contributed by atoms with van der Waals surface area (Å²) in [6.45, 7) is 0.561. The SMILES string of the molecule is O=C(CCn1cnc2ccccc21)N/N=C/c1ccccn1. The van der Waals surface area contributed by atoms with E-state index < -0.39 is 0 Å². The van der Waals surface area contributed by atoms with E-state index in [1.165, 1.54) is 6.21 Å². The van der Waals surface area contributed by atoms with E-state index in [9.17, 15) is 4.79 Å². The topological polar surface area (TPSA) is 72.2 Å². The van der Waals surface area contributed by atoms with Crippen molar-refractivity contribution in [2.75, 3.05) is 0 Å². The van der Waals surface area contributed by atoms with Crippen molar-refractivity contribution in [1.82, 2.24) is 20.0 Å². The lowest BCUT2D eigenvalue weighted by atomic mass is 10.3. The van der Waals surface area contributed by atoms with E-state index in [2.05, 4.69) is 20.5 Å². The van der Waals surface area contributed by atoms with Crippen molar-refractivity contribution in [3.63, 3.8) is 0 Å². The second-order valence-corrected chi connectivity index (χ2v) is 4.72. The molecule has 1 amide bonds. The molecule has 110 valence electrons. The highest BCUT2D eigenvalue weighted by molar-refractivity contribution is 5.81. The van der Waals surface area contributed by atoms with Crippen LogP contribution in [0.1, 0.15) is 12.1 Å². The predicted octanol–water partition coefficient (Wildman–Crippen LogP) is 1.97. The molecule has 2 aromatic heterocycles. The number of carbonyl (C=O) groups is 1. The second-order valence-electron chi connectivity index (χ2n) is 4.72. The van der Waals surface area contributed by atoms with E-state index in [1.807, 2.05) is 47.0 Å². The number of para-hydroxylation sites is 2. The van der Waals surface area contributed by atoms with Gasteiger partial charge >= 0.3 is 0 Å². The number of hydrogen-bond donors (Lipinski definition) is 1. The zero-order chi connectivity index (χ0) is 15.2. The number of rotatable bonds is 5. The molecule has 1 aromatic carbocycles. The highest BCUT2D eigenvalue weighted by Crippen LogP contribution is 2.11. The Morgan fingerprint density at radius 2 is 2.05 bits per heavy atom. The van der Waals surface area contributed by atoms with Gasteiger partial charge in [0.1, 0.15) is 0 Å². The molecule has 0 saturated carbocycles. The molecular formula is C16H15N5O. The number of aryl methyl sites for hydroxylation is 1. The Kier molecular flexibility index (Phi) is 4.20. The number of hydrazone groups is 1. The third-order valence-corrected chi connectivity index (χ3v) is 3.18. The molecule has 0 spiro atoms. The molecule has 1 N–H and O–H groups in total. The number of nitrogens with one attached hydrogen (secondary N) is 1. The number of benzene rings is 1. The van der Waals surface area contributed by atoms with Gasteiger partial charge in [0.15, 0.2) is 0 Å². The first kappa shape index (κ1) is 13.9. The van der Waals surface area contributed by atoms with Gasteiger partial charge in [-0.05, 0) is 24.3 Å². The lowest BCUT2D eigenvalue weighted by molar-refractivity contribution is -0.121. The minimum Gasteiger partial charge on any atom is -0.330 e. The molecular weight excluding hydrogens is 278 g/mol. The fourth-order valence-electron chi connectivity index (χ4n) is 2.09. The normalized spacial score (nSPS) is 11.1. The molecule has 22 heavy (non-hydrogen) atoms. The third-order valence-electron chi connectivity index (χ3n) is 3.18. The first-order valence-corrected chi connectivity index (χ1v) is 6.96. The van der Waals surface area contributed by atoms with E-state index >= 15 is 0 Å². The van der Waals surface area contributed by atoms with E-state index in [0.717, 1.165) is 11.0 Å². The monoisotopic (exact) mass is 293 g/mol. The average Bonchev–Trinajstić information content (AvgIpc) is 2.97. The summed E-state index contributed by atoms with van der Waals surface area (Å²) in [4.78, 5) is 20.2. The zero-order valence-electron chi connectivity index (χ0n) is 11.9. The van der Waals surface area contributed by atoms with Crippen LogP contribution in [0.5, 0.6) is 0 Å². The van der Waals surface area contributed by atoms with Crippen LogP contribution < -0.4 is 5.43 Å². The fraction of sp³-hybridized carbons (Fsp3) is 0.125. The van der Waals surface area contributed by atoms with Gasteiger partial charge in [-0.25, -0.2) is 10.4 Å². The van der Waals surface area contributed by atoms with Gasteiger partial charge in [0.25, 0.3) is 0 Å². The smallest absolute Gasteiger partial charge is 0.241 e. The van der Waals surface area contributed by atoms with Crippen molar-refractivity contribution < 1.29 is 4.79 Å². The molecule has 0 saturated heterocycles. The summed E-state index contributed by atoms with van der Waals surface area (Å²) in [5.41, 5.74) is 5.14. The van der Waals surface area contributed by atoms with E-state index in [1.54, 1.807) is 12.5 Å². The lowest BCUT2D eigenvalue weighted by Crippen LogP contribution is -2.19. The quantitative estimate of drug-likeness (QED) is 0.577. The van der Waals surface area contributed by atoms with Crippen molar-refractivity contribution in [3.05, 3.63) is 60.7 Å². The van der Waals surface area contributed by atoms with Gasteiger partial charge in [0.2, 0.25) is 5.91 Å². The maximum Gasteiger partial charge on any atom is 0.241 e. The van der Waals surface area contributed by atoms with Gasteiger partial charge in [-0.3, -0.25) is 9.78 Å². The zero-order valence-corrected chi connectivity index (χ0v) is 11.9. The molecule has 0 atom stereocenters. The molecule has 6 heteroatoms. The van der Waals surface area contributed by atoms with Gasteiger partial charge in [-0.15, -0.1) is 0 Å². The molecule has 2 heterocycles. The molecule has 0 radical (unpaired) electrons. The Morgan fingerprint density at radius 3 is 2.91 bits per heavy atom. The first-order valence-electron chi connectivity index (χ1n) is 6.96. The number of amides is 1. The molecule has 0 fully saturated rings. The van der Waals surface area contributed by atoms with Gasteiger partial charge in [-0.2, -0.15) is 5.10 Å². The molecule has 0 aliphatic rings. The highest BCUT2D eigenvalue weighted by Gasteiger charge is 2.04. The van der Waals surface area contributed by atoms with E-state index in [0.29, 0.717) is 18.7 Å². The largest absolute Gasteiger partial charge is 0.330 e. The summed E-state index contributed by atoms with van der Waals surface area (Å²) in [7, 11) is 0. The number of pyridine rings is 1. The highest BCUT2D eigenvalue weighted by atomic mass is 16.2. The number of imidazole rings is 1. The van der Waals surface area contributed by atoms with Crippen LogP contribution in [0.3, 0.4) is 0 Å². The van der Waals surface area contributed by atoms with Crippen LogP contribution in [0.4, 0.5) is 0 Å². The van der Waals surface area contributed by atoms with Gasteiger partial charge in [-0.1, -0.05) is 18.2 Å². The summed E-state index contributed by atoms with van der Waals surface area (Å²) in [6.07, 6.45) is 5.27. The summed E-state index contributed by atoms with van der Waals surface area (Å²) in [5.74, 6) is -0.148. The number of nitrogens with zero attached hydrogens (tertiary/aromatic N) is 4. The van der Waals surface area contributed by atoms with Gasteiger partial charge in [0.05, 0.1) is 29.3 Å². The third kappa shape index (κ3) is 3.35. The number of fused-ring (bicyclic) bond motifs is 1. The number of hydrogen-bond acceptors (Lipinski definition) is 4. The minimum atomic E-state index is -0.148. The molecule has 0 unspecified atom stereocenters. The average molecular weight is 293 g/mol. The van der Waals surface area contributed by atoms with Crippen molar-refractivity contribution in [2.24, 2.45) is 5.10 Å². The Labute approximate surface area is 127 Å². The van der Waals surface area contributed by atoms with Crippen LogP contribution in [-0.2, 0) is 11.3 Å². The van der Waals surface area contributed by atoms with Gasteiger partial charge < -0.3 is 4.57 Å². The molecule has 6 nitrogen and oxygen atoms in total. The second kappa shape index (κ2) is 6.62. The summed E-state index contributed by atoms with van der Waals surface area (Å²) in [5, 5.41) is 3.89. The fourth-order valence-corrected chi connectivity index (χ4v) is 2.09. The standard InChI is InChI=1S/C16H15N5O/c22-16(20-19-11-13-5-3-4-9-17-13)8-10-21-12-18-14-6-1-2-7-15(14)21/h1-7,9,11-12H,8,10H2,(H,20,22)/b19-11+. The van der Waals surface area contributed by atoms with Crippen molar-refractivity contribution >= 4 is 23.2 Å². The molecule has 0 bridgehead atoms. The van der Waals surface area contributed by atoms with Crippen molar-refractivity contribution in [3.8, 4) is 0 Å². The van der Waals surface area contributed by atoms with Gasteiger partial charge in [0, 0.05) is 19.2 Å². The Morgan fingerprint density at radius 1 is 1.18 bits per heavy atom. The predicted molar refractivity (Wildman–Crippen MR) is 84.3 cm³/mol. The number of aromatic nitrogens is 3. The van der Waals surface area contributed by atoms with Crippen molar-refractivity contribution in [2.45, 2.75) is 13.0 Å². The Bertz CT molecular complexity index is 794. The summed E-state index contributed by atoms with van der Waals surface area (Å²) >= 11 is 0. The van der Waals surface area contributed by atoms with Crippen LogP contribution >= 0.6 is 0 Å². The number of carbonyl (C=O) groups excluding carboxylic acids is 1. The van der Waals surface area contributed by atoms with Crippen LogP contribution in [0.2, 0.25) is 0 Å². The van der Waals surface area contributed by atoms with E-state index in [-0.39, 0.29) is 5.91 Å². The summed E-state index contributed by atoms with van der Waals surface area (Å²) in [6, 6.07) is 13.3. The molecule has 3 aromatic rings. The lowest BCUT2D eigenvalue weighted by Gasteiger charge is -2.03. The van der Waals surface area contributed by atoms with Crippen LogP contribution in [-0.4, -0.2) is 26.7 Å². The molecule has 0 aliphatic carbocycles. The minimum absolute atomic E-state index is 0.148. The van der Waals surface area contributed by atoms with Crippen molar-refractivity contribution in [1.29, 1.82) is 0 Å². The maximum absolute atomic E-state index is 11.8. The Balaban J connectivity index is 1.53. The van der Waals surface area contributed by atoms with Crippen LogP contribution in [0.15, 0.2) is 60.1 Å². The molecule has 3 rings (SSSR count). The van der Waals surface area contributed by atoms with Crippen LogP contribution in [0.25, 0.3) is 11.0 Å². The maximum atomic E-state index is 11.8. The molecule has 0 aliphatic heterocycles.